The third kappa shape index (κ3) is 4.40. The number of carbonyl (C=O) groups excluding carboxylic acids is 1. The van der Waals surface area contributed by atoms with Crippen molar-refractivity contribution in [3.05, 3.63) is 48.5 Å². The summed E-state index contributed by atoms with van der Waals surface area (Å²) in [5.74, 6) is -1.17. The van der Waals surface area contributed by atoms with E-state index in [1.807, 2.05) is 0 Å². The zero-order chi connectivity index (χ0) is 19.4. The summed E-state index contributed by atoms with van der Waals surface area (Å²) >= 11 is 0. The van der Waals surface area contributed by atoms with Crippen LogP contribution in [0.1, 0.15) is 12.8 Å². The average molecular weight is 377 g/mol. The lowest BCUT2D eigenvalue weighted by Crippen LogP contribution is -2.28. The second-order valence-electron chi connectivity index (χ2n) is 5.41. The van der Waals surface area contributed by atoms with Crippen molar-refractivity contribution >= 4 is 11.8 Å². The van der Waals surface area contributed by atoms with Crippen LogP contribution in [0.3, 0.4) is 0 Å². The van der Waals surface area contributed by atoms with Gasteiger partial charge in [-0.2, -0.15) is 18.2 Å². The quantitative estimate of drug-likeness (QED) is 0.718. The Morgan fingerprint density at radius 3 is 2.44 bits per heavy atom. The number of halogens is 3. The molecule has 2 heterocycles. The molecule has 27 heavy (non-hydrogen) atoms. The standard InChI is InChI=1S/C17H14F3N5O2/c1-2-21-16(26)23-13-9-12(7-8-22-13)10-3-5-11(6-4-10)14-24-15(27-25-14)17(18,19)20/h3-9H,2H2,1H3,(H2,21,22,23,26). The van der Waals surface area contributed by atoms with Crippen LogP contribution in [0.25, 0.3) is 22.5 Å². The van der Waals surface area contributed by atoms with E-state index in [9.17, 15) is 18.0 Å². The molecule has 2 aromatic heterocycles. The van der Waals surface area contributed by atoms with Crippen molar-refractivity contribution in [2.75, 3.05) is 11.9 Å². The normalized spacial score (nSPS) is 11.3. The van der Waals surface area contributed by atoms with E-state index in [4.69, 9.17) is 0 Å². The van der Waals surface area contributed by atoms with Gasteiger partial charge < -0.3 is 9.84 Å². The summed E-state index contributed by atoms with van der Waals surface area (Å²) in [6.45, 7) is 2.28. The first-order chi connectivity index (χ1) is 12.9. The van der Waals surface area contributed by atoms with Crippen LogP contribution in [0.15, 0.2) is 47.1 Å². The van der Waals surface area contributed by atoms with Gasteiger partial charge in [0.2, 0.25) is 5.82 Å². The Bertz CT molecular complexity index is 938. The molecule has 0 saturated heterocycles. The highest BCUT2D eigenvalue weighted by molar-refractivity contribution is 5.88. The largest absolute Gasteiger partial charge is 0.471 e. The lowest BCUT2D eigenvalue weighted by Gasteiger charge is -2.07. The van der Waals surface area contributed by atoms with Gasteiger partial charge in [-0.1, -0.05) is 29.4 Å². The highest BCUT2D eigenvalue weighted by Gasteiger charge is 2.38. The van der Waals surface area contributed by atoms with Gasteiger partial charge in [-0.15, -0.1) is 0 Å². The van der Waals surface area contributed by atoms with Gasteiger partial charge in [-0.3, -0.25) is 5.32 Å². The number of amides is 2. The van der Waals surface area contributed by atoms with Gasteiger partial charge in [-0.25, -0.2) is 9.78 Å². The van der Waals surface area contributed by atoms with E-state index >= 15 is 0 Å². The van der Waals surface area contributed by atoms with Crippen molar-refractivity contribution in [1.82, 2.24) is 20.4 Å². The summed E-state index contributed by atoms with van der Waals surface area (Å²) < 4.78 is 41.9. The Balaban J connectivity index is 1.79. The van der Waals surface area contributed by atoms with Crippen molar-refractivity contribution in [3.8, 4) is 22.5 Å². The molecular weight excluding hydrogens is 363 g/mol. The number of rotatable bonds is 4. The van der Waals surface area contributed by atoms with E-state index in [1.54, 1.807) is 49.5 Å². The molecular formula is C17H14F3N5O2. The van der Waals surface area contributed by atoms with Crippen LogP contribution >= 0.6 is 0 Å². The van der Waals surface area contributed by atoms with Crippen molar-refractivity contribution in [3.63, 3.8) is 0 Å². The van der Waals surface area contributed by atoms with E-state index in [-0.39, 0.29) is 11.9 Å². The Kier molecular flexibility index (Phi) is 5.06. The van der Waals surface area contributed by atoms with E-state index < -0.39 is 12.1 Å². The molecule has 0 radical (unpaired) electrons. The van der Waals surface area contributed by atoms with E-state index in [0.717, 1.165) is 11.1 Å². The van der Waals surface area contributed by atoms with Crippen LogP contribution in [0, 0.1) is 0 Å². The predicted octanol–water partition coefficient (Wildman–Crippen LogP) is 3.96. The summed E-state index contributed by atoms with van der Waals surface area (Å²) in [7, 11) is 0. The van der Waals surface area contributed by atoms with Gasteiger partial charge in [0.05, 0.1) is 0 Å². The maximum atomic E-state index is 12.5. The second kappa shape index (κ2) is 7.44. The summed E-state index contributed by atoms with van der Waals surface area (Å²) in [6, 6.07) is 9.62. The maximum absolute atomic E-state index is 12.5. The molecule has 0 fully saturated rings. The number of pyridine rings is 1. The summed E-state index contributed by atoms with van der Waals surface area (Å²) in [5.41, 5.74) is 1.93. The molecule has 1 aromatic carbocycles. The van der Waals surface area contributed by atoms with Crippen LogP contribution < -0.4 is 10.6 Å². The number of aromatic nitrogens is 3. The Hall–Kier alpha value is -3.43. The molecule has 0 aliphatic rings. The Labute approximate surface area is 151 Å². The first-order valence-electron chi connectivity index (χ1n) is 7.89. The Morgan fingerprint density at radius 2 is 1.81 bits per heavy atom. The monoisotopic (exact) mass is 377 g/mol. The number of anilines is 1. The minimum Gasteiger partial charge on any atom is -0.338 e. The highest BCUT2D eigenvalue weighted by atomic mass is 19.4. The van der Waals surface area contributed by atoms with Gasteiger partial charge in [-0.05, 0) is 30.2 Å². The fraction of sp³-hybridized carbons (Fsp3) is 0.176. The van der Waals surface area contributed by atoms with Gasteiger partial charge in [0.15, 0.2) is 0 Å². The predicted molar refractivity (Wildman–Crippen MR) is 90.7 cm³/mol. The molecule has 3 rings (SSSR count). The molecule has 10 heteroatoms. The molecule has 3 aromatic rings. The third-order valence-corrected chi connectivity index (χ3v) is 3.48. The summed E-state index contributed by atoms with van der Waals surface area (Å²) in [4.78, 5) is 19.0. The molecule has 0 spiro atoms. The number of hydrogen-bond donors (Lipinski definition) is 2. The molecule has 140 valence electrons. The van der Waals surface area contributed by atoms with Crippen LogP contribution in [0.2, 0.25) is 0 Å². The molecule has 2 amide bonds. The SMILES string of the molecule is CCNC(=O)Nc1cc(-c2ccc(-c3noc(C(F)(F)F)n3)cc2)ccn1. The van der Waals surface area contributed by atoms with Crippen molar-refractivity contribution in [2.45, 2.75) is 13.1 Å². The molecule has 2 N–H and O–H groups in total. The lowest BCUT2D eigenvalue weighted by atomic mass is 10.0. The number of alkyl halides is 3. The molecule has 7 nitrogen and oxygen atoms in total. The molecule has 0 bridgehead atoms. The number of hydrogen-bond acceptors (Lipinski definition) is 5. The number of nitrogens with zero attached hydrogens (tertiary/aromatic N) is 3. The minimum atomic E-state index is -4.68. The molecule has 0 aliphatic heterocycles. The number of urea groups is 1. The topological polar surface area (TPSA) is 92.9 Å². The van der Waals surface area contributed by atoms with Crippen molar-refractivity contribution in [2.24, 2.45) is 0 Å². The smallest absolute Gasteiger partial charge is 0.338 e. The van der Waals surface area contributed by atoms with E-state index in [0.29, 0.717) is 17.9 Å². The molecule has 0 saturated carbocycles. The zero-order valence-corrected chi connectivity index (χ0v) is 14.0. The number of benzene rings is 1. The van der Waals surface area contributed by atoms with Gasteiger partial charge in [0.1, 0.15) is 5.82 Å². The highest BCUT2D eigenvalue weighted by Crippen LogP contribution is 2.30. The van der Waals surface area contributed by atoms with Crippen LogP contribution in [-0.4, -0.2) is 27.7 Å². The second-order valence-corrected chi connectivity index (χ2v) is 5.41. The van der Waals surface area contributed by atoms with Crippen LogP contribution in [0.4, 0.5) is 23.8 Å². The summed E-state index contributed by atoms with van der Waals surface area (Å²) in [6.07, 6.45) is -3.14. The Morgan fingerprint density at radius 1 is 1.11 bits per heavy atom. The molecule has 0 aliphatic carbocycles. The first-order valence-corrected chi connectivity index (χ1v) is 7.89. The lowest BCUT2D eigenvalue weighted by molar-refractivity contribution is -0.159. The van der Waals surface area contributed by atoms with Gasteiger partial charge in [0, 0.05) is 18.3 Å². The minimum absolute atomic E-state index is 0.151. The zero-order valence-electron chi connectivity index (χ0n) is 14.0. The fourth-order valence-corrected chi connectivity index (χ4v) is 2.27. The van der Waals surface area contributed by atoms with Crippen LogP contribution in [-0.2, 0) is 6.18 Å². The third-order valence-electron chi connectivity index (χ3n) is 3.48. The van der Waals surface area contributed by atoms with E-state index in [1.165, 1.54) is 0 Å². The first kappa shape index (κ1) is 18.4. The van der Waals surface area contributed by atoms with Crippen LogP contribution in [0.5, 0.6) is 0 Å². The summed E-state index contributed by atoms with van der Waals surface area (Å²) in [5, 5.41) is 8.55. The molecule has 0 unspecified atom stereocenters. The average Bonchev–Trinajstić information content (AvgIpc) is 3.13. The number of carbonyl (C=O) groups is 1. The molecule has 0 atom stereocenters. The van der Waals surface area contributed by atoms with E-state index in [2.05, 4.69) is 30.3 Å². The van der Waals surface area contributed by atoms with Crippen molar-refractivity contribution < 1.29 is 22.5 Å². The van der Waals surface area contributed by atoms with Gasteiger partial charge in [0.25, 0.3) is 0 Å². The maximum Gasteiger partial charge on any atom is 0.471 e. The number of nitrogens with one attached hydrogen (secondary N) is 2. The van der Waals surface area contributed by atoms with Crippen molar-refractivity contribution in [1.29, 1.82) is 0 Å². The van der Waals surface area contributed by atoms with Gasteiger partial charge >= 0.3 is 18.1 Å². The fourth-order valence-electron chi connectivity index (χ4n) is 2.27.